The number of hydrogen-bond acceptors (Lipinski definition) is 3. The van der Waals surface area contributed by atoms with Gasteiger partial charge in [0, 0.05) is 12.6 Å². The molecule has 1 unspecified atom stereocenters. The van der Waals surface area contributed by atoms with Crippen LogP contribution < -0.4 is 10.5 Å². The Balaban J connectivity index is 2.56. The molecule has 0 aromatic heterocycles. The molecule has 0 bridgehead atoms. The average Bonchev–Trinajstić information content (AvgIpc) is 2.30. The Morgan fingerprint density at radius 3 is 2.28 bits per heavy atom. The van der Waals surface area contributed by atoms with Gasteiger partial charge in [0.2, 0.25) is 0 Å². The van der Waals surface area contributed by atoms with Crippen molar-refractivity contribution in [1.29, 1.82) is 0 Å². The molecule has 0 fully saturated rings. The summed E-state index contributed by atoms with van der Waals surface area (Å²) in [6.45, 7) is 7.71. The molecule has 0 aliphatic heterocycles. The number of hydrogen-bond donors (Lipinski definition) is 1. The van der Waals surface area contributed by atoms with Crippen molar-refractivity contribution in [2.45, 2.75) is 33.2 Å². The Morgan fingerprint density at radius 1 is 1.11 bits per heavy atom. The third-order valence-electron chi connectivity index (χ3n) is 3.50. The quantitative estimate of drug-likeness (QED) is 0.841. The van der Waals surface area contributed by atoms with Gasteiger partial charge in [0.25, 0.3) is 0 Å². The number of benzene rings is 1. The maximum atomic E-state index is 5.87. The lowest BCUT2D eigenvalue weighted by atomic mass is 10.1. The molecule has 0 saturated heterocycles. The molecule has 102 valence electrons. The van der Waals surface area contributed by atoms with E-state index < -0.39 is 0 Å². The van der Waals surface area contributed by atoms with E-state index in [9.17, 15) is 0 Å². The van der Waals surface area contributed by atoms with E-state index in [1.165, 1.54) is 16.7 Å². The molecule has 0 amide bonds. The van der Waals surface area contributed by atoms with Gasteiger partial charge in [-0.05, 0) is 64.0 Å². The first kappa shape index (κ1) is 15.0. The third kappa shape index (κ3) is 4.00. The van der Waals surface area contributed by atoms with Gasteiger partial charge >= 0.3 is 0 Å². The zero-order chi connectivity index (χ0) is 13.7. The Morgan fingerprint density at radius 2 is 1.72 bits per heavy atom. The van der Waals surface area contributed by atoms with Gasteiger partial charge in [-0.1, -0.05) is 6.07 Å². The minimum absolute atomic E-state index is 0.386. The van der Waals surface area contributed by atoms with Crippen molar-refractivity contribution in [3.05, 3.63) is 28.8 Å². The molecule has 18 heavy (non-hydrogen) atoms. The number of rotatable bonds is 6. The fraction of sp³-hybridized carbons (Fsp3) is 0.600. The fourth-order valence-electron chi connectivity index (χ4n) is 1.98. The second-order valence-electron chi connectivity index (χ2n) is 5.19. The van der Waals surface area contributed by atoms with E-state index in [0.717, 1.165) is 12.2 Å². The molecule has 1 aromatic rings. The summed E-state index contributed by atoms with van der Waals surface area (Å²) in [4.78, 5) is 2.15. The molecule has 1 atom stereocenters. The summed E-state index contributed by atoms with van der Waals surface area (Å²) in [6.07, 6.45) is 0.954. The summed E-state index contributed by atoms with van der Waals surface area (Å²) in [6, 6.07) is 4.69. The molecule has 0 spiro atoms. The smallest absolute Gasteiger partial charge is 0.122 e. The minimum Gasteiger partial charge on any atom is -0.493 e. The summed E-state index contributed by atoms with van der Waals surface area (Å²) in [5.74, 6) is 0.993. The summed E-state index contributed by atoms with van der Waals surface area (Å²) in [5.41, 5.74) is 9.52. The maximum absolute atomic E-state index is 5.87. The standard InChI is InChI=1S/C15H26N2O/c1-11-8-13(3)15(9-12(11)2)18-7-6-14(10-16)17(4)5/h8-9,14H,6-7,10,16H2,1-5H3. The van der Waals surface area contributed by atoms with Crippen molar-refractivity contribution in [3.63, 3.8) is 0 Å². The van der Waals surface area contributed by atoms with Crippen LogP contribution in [0.4, 0.5) is 0 Å². The molecule has 3 nitrogen and oxygen atoms in total. The van der Waals surface area contributed by atoms with E-state index in [0.29, 0.717) is 19.2 Å². The maximum Gasteiger partial charge on any atom is 0.122 e. The molecule has 0 aliphatic rings. The lowest BCUT2D eigenvalue weighted by Gasteiger charge is -2.22. The van der Waals surface area contributed by atoms with E-state index in [2.05, 4.69) is 51.9 Å². The molecule has 3 heteroatoms. The zero-order valence-electron chi connectivity index (χ0n) is 12.3. The summed E-state index contributed by atoms with van der Waals surface area (Å²) < 4.78 is 5.87. The van der Waals surface area contributed by atoms with Crippen molar-refractivity contribution >= 4 is 0 Å². The topological polar surface area (TPSA) is 38.5 Å². The molecular weight excluding hydrogens is 224 g/mol. The Kier molecular flexibility index (Phi) is 5.63. The van der Waals surface area contributed by atoms with Crippen molar-refractivity contribution < 1.29 is 4.74 Å². The Hall–Kier alpha value is -1.06. The highest BCUT2D eigenvalue weighted by Crippen LogP contribution is 2.22. The summed E-state index contributed by atoms with van der Waals surface area (Å²) in [5, 5.41) is 0. The van der Waals surface area contributed by atoms with Gasteiger partial charge in [0.05, 0.1) is 6.61 Å². The molecule has 0 aliphatic carbocycles. The zero-order valence-corrected chi connectivity index (χ0v) is 12.3. The Labute approximate surface area is 111 Å². The van der Waals surface area contributed by atoms with Gasteiger partial charge in [0.15, 0.2) is 0 Å². The lowest BCUT2D eigenvalue weighted by molar-refractivity contribution is 0.225. The minimum atomic E-state index is 0.386. The predicted molar refractivity (Wildman–Crippen MR) is 77.3 cm³/mol. The van der Waals surface area contributed by atoms with Crippen molar-refractivity contribution in [3.8, 4) is 5.75 Å². The number of likely N-dealkylation sites (N-methyl/N-ethyl adjacent to an activating group) is 1. The van der Waals surface area contributed by atoms with Crippen LogP contribution in [0, 0.1) is 20.8 Å². The van der Waals surface area contributed by atoms with Crippen LogP contribution in [0.15, 0.2) is 12.1 Å². The van der Waals surface area contributed by atoms with E-state index in [4.69, 9.17) is 10.5 Å². The van der Waals surface area contributed by atoms with E-state index in [1.807, 2.05) is 0 Å². The molecule has 0 heterocycles. The SMILES string of the molecule is Cc1cc(C)c(OCCC(CN)N(C)C)cc1C. The van der Waals surface area contributed by atoms with E-state index in [-0.39, 0.29) is 0 Å². The lowest BCUT2D eigenvalue weighted by Crippen LogP contribution is -2.36. The third-order valence-corrected chi connectivity index (χ3v) is 3.50. The second-order valence-corrected chi connectivity index (χ2v) is 5.19. The van der Waals surface area contributed by atoms with Gasteiger partial charge in [-0.25, -0.2) is 0 Å². The highest BCUT2D eigenvalue weighted by Gasteiger charge is 2.09. The number of ether oxygens (including phenoxy) is 1. The number of aryl methyl sites for hydroxylation is 3. The first-order valence-electron chi connectivity index (χ1n) is 6.52. The van der Waals surface area contributed by atoms with Gasteiger partial charge in [-0.3, -0.25) is 0 Å². The monoisotopic (exact) mass is 250 g/mol. The van der Waals surface area contributed by atoms with Gasteiger partial charge in [-0.15, -0.1) is 0 Å². The van der Waals surface area contributed by atoms with Gasteiger partial charge < -0.3 is 15.4 Å². The van der Waals surface area contributed by atoms with Crippen LogP contribution in [0.3, 0.4) is 0 Å². The summed E-state index contributed by atoms with van der Waals surface area (Å²) in [7, 11) is 4.11. The fourth-order valence-corrected chi connectivity index (χ4v) is 1.98. The van der Waals surface area contributed by atoms with Gasteiger partial charge in [0.1, 0.15) is 5.75 Å². The van der Waals surface area contributed by atoms with Gasteiger partial charge in [-0.2, -0.15) is 0 Å². The molecule has 1 rings (SSSR count). The van der Waals surface area contributed by atoms with E-state index in [1.54, 1.807) is 0 Å². The summed E-state index contributed by atoms with van der Waals surface area (Å²) >= 11 is 0. The van der Waals surface area contributed by atoms with Crippen LogP contribution in [-0.4, -0.2) is 38.2 Å². The van der Waals surface area contributed by atoms with Crippen LogP contribution in [0.5, 0.6) is 5.75 Å². The van der Waals surface area contributed by atoms with Crippen LogP contribution in [0.1, 0.15) is 23.1 Å². The average molecular weight is 250 g/mol. The van der Waals surface area contributed by atoms with Crippen LogP contribution in [-0.2, 0) is 0 Å². The van der Waals surface area contributed by atoms with Crippen LogP contribution in [0.2, 0.25) is 0 Å². The largest absolute Gasteiger partial charge is 0.493 e. The van der Waals surface area contributed by atoms with Crippen molar-refractivity contribution in [1.82, 2.24) is 4.90 Å². The second kappa shape index (κ2) is 6.76. The first-order chi connectivity index (χ1) is 8.45. The van der Waals surface area contributed by atoms with Crippen LogP contribution in [0.25, 0.3) is 0 Å². The normalized spacial score (nSPS) is 12.8. The molecule has 0 saturated carbocycles. The number of nitrogens with zero attached hydrogens (tertiary/aromatic N) is 1. The number of nitrogens with two attached hydrogens (primary N) is 1. The predicted octanol–water partition coefficient (Wildman–Crippen LogP) is 2.27. The highest BCUT2D eigenvalue weighted by molar-refractivity contribution is 5.40. The van der Waals surface area contributed by atoms with Crippen molar-refractivity contribution in [2.24, 2.45) is 5.73 Å². The molecular formula is C15H26N2O. The molecule has 1 aromatic carbocycles. The molecule has 0 radical (unpaired) electrons. The molecule has 2 N–H and O–H groups in total. The first-order valence-corrected chi connectivity index (χ1v) is 6.52. The highest BCUT2D eigenvalue weighted by atomic mass is 16.5. The van der Waals surface area contributed by atoms with E-state index >= 15 is 0 Å². The Bertz CT molecular complexity index is 388. The van der Waals surface area contributed by atoms with Crippen LogP contribution >= 0.6 is 0 Å². The van der Waals surface area contributed by atoms with Crippen molar-refractivity contribution in [2.75, 3.05) is 27.2 Å².